The molecule has 0 radical (unpaired) electrons. The van der Waals surface area contributed by atoms with Gasteiger partial charge in [-0.3, -0.25) is 14.5 Å². The maximum Gasteiger partial charge on any atom is 0.260 e. The second-order valence-electron chi connectivity index (χ2n) is 6.62. The van der Waals surface area contributed by atoms with Crippen LogP contribution in [0.25, 0.3) is 11.0 Å². The molecule has 2 aliphatic heterocycles. The Balaban J connectivity index is 1.57. The molecule has 2 aromatic rings. The Morgan fingerprint density at radius 1 is 1.28 bits per heavy atom. The van der Waals surface area contributed by atoms with Gasteiger partial charge in [0.25, 0.3) is 5.91 Å². The number of nitrogens with zero attached hydrogens (tertiary/aromatic N) is 2. The fraction of sp³-hybridized carbons (Fsp3) is 0.444. The average molecular weight is 342 g/mol. The topological polar surface area (TPSA) is 91.8 Å². The van der Waals surface area contributed by atoms with Gasteiger partial charge < -0.3 is 20.4 Å². The summed E-state index contributed by atoms with van der Waals surface area (Å²) in [4.78, 5) is 28.2. The number of para-hydroxylation sites is 1. The molecule has 7 heteroatoms. The van der Waals surface area contributed by atoms with Crippen LogP contribution >= 0.6 is 0 Å². The molecule has 2 unspecified atom stereocenters. The minimum Gasteiger partial charge on any atom is -0.461 e. The smallest absolute Gasteiger partial charge is 0.260 e. The van der Waals surface area contributed by atoms with Crippen LogP contribution in [0, 0.1) is 0 Å². The van der Waals surface area contributed by atoms with Gasteiger partial charge in [0, 0.05) is 43.5 Å². The first-order valence-electron chi connectivity index (χ1n) is 8.66. The first-order valence-corrected chi connectivity index (χ1v) is 8.66. The molecule has 0 spiro atoms. The third-order valence-corrected chi connectivity index (χ3v) is 5.10. The van der Waals surface area contributed by atoms with Crippen LogP contribution < -0.4 is 11.1 Å². The van der Waals surface area contributed by atoms with E-state index >= 15 is 0 Å². The Morgan fingerprint density at radius 2 is 2.08 bits per heavy atom. The van der Waals surface area contributed by atoms with Gasteiger partial charge in [0.15, 0.2) is 6.17 Å². The summed E-state index contributed by atoms with van der Waals surface area (Å²) in [5.74, 6) is 0.603. The summed E-state index contributed by atoms with van der Waals surface area (Å²) in [5.41, 5.74) is 7.74. The van der Waals surface area contributed by atoms with E-state index in [1.165, 1.54) is 5.56 Å². The molecular weight excluding hydrogens is 320 g/mol. The van der Waals surface area contributed by atoms with Crippen molar-refractivity contribution in [2.75, 3.05) is 19.6 Å². The number of carbonyl (C=O) groups is 2. The van der Waals surface area contributed by atoms with Gasteiger partial charge >= 0.3 is 0 Å². The molecule has 3 N–H and O–H groups in total. The zero-order valence-electron chi connectivity index (χ0n) is 14.2. The lowest BCUT2D eigenvalue weighted by atomic mass is 10.0. The molecule has 0 aliphatic carbocycles. The van der Waals surface area contributed by atoms with E-state index in [1.807, 2.05) is 18.2 Å². The number of aryl methyl sites for hydroxylation is 1. The van der Waals surface area contributed by atoms with Gasteiger partial charge in [-0.25, -0.2) is 0 Å². The van der Waals surface area contributed by atoms with Gasteiger partial charge in [0.05, 0.1) is 0 Å². The first kappa shape index (κ1) is 16.1. The third kappa shape index (κ3) is 2.69. The number of fused-ring (bicyclic) bond motifs is 2. The molecule has 25 heavy (non-hydrogen) atoms. The quantitative estimate of drug-likeness (QED) is 0.844. The van der Waals surface area contributed by atoms with E-state index in [9.17, 15) is 9.59 Å². The summed E-state index contributed by atoms with van der Waals surface area (Å²) in [7, 11) is 0. The van der Waals surface area contributed by atoms with E-state index in [0.717, 1.165) is 23.2 Å². The highest BCUT2D eigenvalue weighted by Crippen LogP contribution is 2.28. The molecule has 2 amide bonds. The second-order valence-corrected chi connectivity index (χ2v) is 6.62. The van der Waals surface area contributed by atoms with Crippen LogP contribution in [0.4, 0.5) is 0 Å². The summed E-state index contributed by atoms with van der Waals surface area (Å²) in [6.07, 6.45) is -0.0962. The summed E-state index contributed by atoms with van der Waals surface area (Å²) in [6.45, 7) is 4.52. The van der Waals surface area contributed by atoms with Crippen molar-refractivity contribution in [1.82, 2.24) is 15.1 Å². The number of piperazine rings is 2. The highest BCUT2D eigenvalue weighted by atomic mass is 16.3. The maximum atomic E-state index is 12.2. The van der Waals surface area contributed by atoms with Crippen molar-refractivity contribution >= 4 is 22.8 Å². The van der Waals surface area contributed by atoms with Crippen LogP contribution in [-0.2, 0) is 22.6 Å². The molecule has 1 aromatic heterocycles. The monoisotopic (exact) mass is 342 g/mol. The van der Waals surface area contributed by atoms with E-state index in [0.29, 0.717) is 26.2 Å². The molecule has 1 aromatic carbocycles. The highest BCUT2D eigenvalue weighted by Gasteiger charge is 2.42. The molecule has 2 saturated heterocycles. The average Bonchev–Trinajstić information content (AvgIpc) is 2.98. The number of hydrogen-bond donors (Lipinski definition) is 2. The van der Waals surface area contributed by atoms with Crippen molar-refractivity contribution in [2.24, 2.45) is 5.73 Å². The van der Waals surface area contributed by atoms with Crippen LogP contribution in [0.5, 0.6) is 0 Å². The number of nitrogens with two attached hydrogens (primary N) is 1. The van der Waals surface area contributed by atoms with Crippen LogP contribution in [-0.4, -0.2) is 53.5 Å². The minimum atomic E-state index is -0.917. The minimum absolute atomic E-state index is 0.176. The predicted octanol–water partition coefficient (Wildman–Crippen LogP) is 0.423. The molecule has 2 aliphatic rings. The van der Waals surface area contributed by atoms with Crippen LogP contribution in [0.3, 0.4) is 0 Å². The van der Waals surface area contributed by atoms with E-state index in [2.05, 4.69) is 23.2 Å². The normalized spacial score (nSPS) is 24.5. The Morgan fingerprint density at radius 3 is 2.88 bits per heavy atom. The molecule has 0 bridgehead atoms. The number of nitrogens with one attached hydrogen (secondary N) is 1. The van der Waals surface area contributed by atoms with Crippen molar-refractivity contribution < 1.29 is 14.0 Å². The molecule has 2 atom stereocenters. The van der Waals surface area contributed by atoms with Crippen molar-refractivity contribution in [3.05, 3.63) is 35.6 Å². The lowest BCUT2D eigenvalue weighted by Crippen LogP contribution is -2.71. The lowest BCUT2D eigenvalue weighted by Gasteiger charge is -2.44. The van der Waals surface area contributed by atoms with Crippen molar-refractivity contribution in [1.29, 1.82) is 0 Å². The molecular formula is C18H22N4O3. The fourth-order valence-electron chi connectivity index (χ4n) is 3.79. The molecule has 3 heterocycles. The van der Waals surface area contributed by atoms with E-state index in [-0.39, 0.29) is 11.8 Å². The predicted molar refractivity (Wildman–Crippen MR) is 92.5 cm³/mol. The first-order chi connectivity index (χ1) is 12.1. The van der Waals surface area contributed by atoms with Crippen LogP contribution in [0.1, 0.15) is 18.2 Å². The standard InChI is InChI=1S/C18H22N4O3/c1-2-14-12(11-5-3-4-6-15(11)25-14)9-21-7-8-22-13(10-21)17(23)20-16(19)18(22)24/h3-6,13,16H,2,7-10,19H2,1H3,(H,20,23). The molecule has 0 saturated carbocycles. The number of amides is 2. The maximum absolute atomic E-state index is 12.2. The molecule has 132 valence electrons. The molecule has 7 nitrogen and oxygen atoms in total. The Hall–Kier alpha value is -2.38. The van der Waals surface area contributed by atoms with Crippen LogP contribution in [0.2, 0.25) is 0 Å². The Kier molecular flexibility index (Phi) is 3.97. The zero-order chi connectivity index (χ0) is 17.6. The van der Waals surface area contributed by atoms with Gasteiger partial charge in [-0.2, -0.15) is 0 Å². The summed E-state index contributed by atoms with van der Waals surface area (Å²) >= 11 is 0. The number of hydrogen-bond acceptors (Lipinski definition) is 5. The highest BCUT2D eigenvalue weighted by molar-refractivity contribution is 5.96. The molecule has 2 fully saturated rings. The van der Waals surface area contributed by atoms with E-state index in [4.69, 9.17) is 10.2 Å². The number of benzene rings is 1. The second kappa shape index (κ2) is 6.16. The van der Waals surface area contributed by atoms with E-state index in [1.54, 1.807) is 4.90 Å². The Bertz CT molecular complexity index is 831. The van der Waals surface area contributed by atoms with Gasteiger partial charge in [0.1, 0.15) is 17.4 Å². The van der Waals surface area contributed by atoms with Crippen molar-refractivity contribution in [2.45, 2.75) is 32.1 Å². The fourth-order valence-corrected chi connectivity index (χ4v) is 3.79. The van der Waals surface area contributed by atoms with Gasteiger partial charge in [-0.05, 0) is 6.07 Å². The number of carbonyl (C=O) groups excluding carboxylic acids is 2. The SMILES string of the molecule is CCc1oc2ccccc2c1CN1CCN2C(=O)C(N)NC(=O)C2C1. The van der Waals surface area contributed by atoms with Gasteiger partial charge in [-0.15, -0.1) is 0 Å². The Labute approximate surface area is 145 Å². The van der Waals surface area contributed by atoms with Crippen molar-refractivity contribution in [3.8, 4) is 0 Å². The molecule has 4 rings (SSSR count). The van der Waals surface area contributed by atoms with E-state index < -0.39 is 12.2 Å². The summed E-state index contributed by atoms with van der Waals surface area (Å²) in [6, 6.07) is 7.55. The van der Waals surface area contributed by atoms with Gasteiger partial charge in [0.2, 0.25) is 5.91 Å². The largest absolute Gasteiger partial charge is 0.461 e. The third-order valence-electron chi connectivity index (χ3n) is 5.10. The van der Waals surface area contributed by atoms with Crippen LogP contribution in [0.15, 0.2) is 28.7 Å². The summed E-state index contributed by atoms with van der Waals surface area (Å²) in [5, 5.41) is 3.68. The number of rotatable bonds is 3. The zero-order valence-corrected chi connectivity index (χ0v) is 14.2. The number of furan rings is 1. The van der Waals surface area contributed by atoms with Crippen molar-refractivity contribution in [3.63, 3.8) is 0 Å². The van der Waals surface area contributed by atoms with Gasteiger partial charge in [-0.1, -0.05) is 25.1 Å². The summed E-state index contributed by atoms with van der Waals surface area (Å²) < 4.78 is 5.96. The lowest BCUT2D eigenvalue weighted by molar-refractivity contribution is -0.152.